The van der Waals surface area contributed by atoms with Crippen molar-refractivity contribution < 1.29 is 9.47 Å². The fraction of sp³-hybridized carbons (Fsp3) is 0.333. The lowest BCUT2D eigenvalue weighted by Gasteiger charge is -2.45. The number of morpholine rings is 1. The Morgan fingerprint density at radius 1 is 1.16 bits per heavy atom. The second-order valence-electron chi connectivity index (χ2n) is 6.66. The molecule has 0 radical (unpaired) electrons. The number of rotatable bonds is 4. The topological polar surface area (TPSA) is 21.7 Å². The SMILES string of the molecule is COc1ccc(Cl)c(C2=CC3COCC(C2)N3Cc2ccccc2)c1. The van der Waals surface area contributed by atoms with Crippen LogP contribution >= 0.6 is 11.6 Å². The van der Waals surface area contributed by atoms with Crippen molar-refractivity contribution in [3.63, 3.8) is 0 Å². The van der Waals surface area contributed by atoms with Gasteiger partial charge in [0.05, 0.1) is 26.4 Å². The molecule has 2 aromatic carbocycles. The molecule has 1 fully saturated rings. The van der Waals surface area contributed by atoms with Crippen molar-refractivity contribution in [2.45, 2.75) is 25.0 Å². The maximum absolute atomic E-state index is 6.47. The van der Waals surface area contributed by atoms with Crippen LogP contribution in [0, 0.1) is 0 Å². The molecular formula is C21H22ClNO2. The number of ether oxygens (including phenoxy) is 2. The lowest BCUT2D eigenvalue weighted by molar-refractivity contribution is -0.0402. The monoisotopic (exact) mass is 355 g/mol. The van der Waals surface area contributed by atoms with Crippen LogP contribution in [0.4, 0.5) is 0 Å². The number of hydrogen-bond donors (Lipinski definition) is 0. The van der Waals surface area contributed by atoms with Gasteiger partial charge in [0.15, 0.2) is 0 Å². The molecule has 0 saturated carbocycles. The van der Waals surface area contributed by atoms with Gasteiger partial charge in [-0.2, -0.15) is 0 Å². The molecule has 2 heterocycles. The van der Waals surface area contributed by atoms with Gasteiger partial charge in [0.1, 0.15) is 5.75 Å². The summed E-state index contributed by atoms with van der Waals surface area (Å²) in [6.45, 7) is 2.45. The molecule has 2 aromatic rings. The summed E-state index contributed by atoms with van der Waals surface area (Å²) in [6.07, 6.45) is 3.26. The van der Waals surface area contributed by atoms with Crippen molar-refractivity contribution in [2.75, 3.05) is 20.3 Å². The summed E-state index contributed by atoms with van der Waals surface area (Å²) < 4.78 is 11.2. The first-order valence-electron chi connectivity index (χ1n) is 8.66. The Balaban J connectivity index is 1.63. The third kappa shape index (κ3) is 3.45. The van der Waals surface area contributed by atoms with E-state index in [-0.39, 0.29) is 6.04 Å². The summed E-state index contributed by atoms with van der Waals surface area (Å²) in [6, 6.07) is 17.2. The molecule has 2 bridgehead atoms. The normalized spacial score (nSPS) is 23.2. The van der Waals surface area contributed by atoms with Gasteiger partial charge >= 0.3 is 0 Å². The fourth-order valence-electron chi connectivity index (χ4n) is 3.78. The summed E-state index contributed by atoms with van der Waals surface area (Å²) >= 11 is 6.47. The van der Waals surface area contributed by atoms with E-state index in [2.05, 4.69) is 41.3 Å². The molecule has 0 spiro atoms. The average molecular weight is 356 g/mol. The summed E-state index contributed by atoms with van der Waals surface area (Å²) in [5.74, 6) is 0.841. The van der Waals surface area contributed by atoms with E-state index in [0.717, 1.165) is 42.5 Å². The highest BCUT2D eigenvalue weighted by molar-refractivity contribution is 6.32. The van der Waals surface area contributed by atoms with Crippen LogP contribution in [-0.4, -0.2) is 37.3 Å². The molecule has 3 nitrogen and oxygen atoms in total. The molecule has 0 amide bonds. The van der Waals surface area contributed by atoms with Crippen LogP contribution in [0.2, 0.25) is 5.02 Å². The number of methoxy groups -OCH3 is 1. The third-order valence-corrected chi connectivity index (χ3v) is 5.40. The van der Waals surface area contributed by atoms with Gasteiger partial charge in [-0.05, 0) is 41.3 Å². The van der Waals surface area contributed by atoms with E-state index in [1.54, 1.807) is 7.11 Å². The lowest BCUT2D eigenvalue weighted by atomic mass is 9.89. The van der Waals surface area contributed by atoms with E-state index in [0.29, 0.717) is 6.04 Å². The zero-order valence-corrected chi connectivity index (χ0v) is 15.1. The van der Waals surface area contributed by atoms with Crippen LogP contribution < -0.4 is 4.74 Å². The lowest BCUT2D eigenvalue weighted by Crippen LogP contribution is -2.53. The minimum absolute atomic E-state index is 0.282. The highest BCUT2D eigenvalue weighted by atomic mass is 35.5. The molecule has 2 aliphatic heterocycles. The summed E-state index contributed by atoms with van der Waals surface area (Å²) in [5.41, 5.74) is 3.72. The Hall–Kier alpha value is -1.81. The van der Waals surface area contributed by atoms with Crippen LogP contribution in [-0.2, 0) is 11.3 Å². The molecule has 4 heteroatoms. The van der Waals surface area contributed by atoms with Crippen LogP contribution in [0.5, 0.6) is 5.75 Å². The van der Waals surface area contributed by atoms with Gasteiger partial charge in [0, 0.05) is 17.6 Å². The van der Waals surface area contributed by atoms with Gasteiger partial charge in [0.2, 0.25) is 0 Å². The van der Waals surface area contributed by atoms with Crippen LogP contribution in [0.1, 0.15) is 17.5 Å². The number of hydrogen-bond acceptors (Lipinski definition) is 3. The largest absolute Gasteiger partial charge is 0.497 e. The van der Waals surface area contributed by atoms with Crippen molar-refractivity contribution in [1.29, 1.82) is 0 Å². The second kappa shape index (κ2) is 7.20. The Morgan fingerprint density at radius 3 is 2.76 bits per heavy atom. The smallest absolute Gasteiger partial charge is 0.119 e. The Labute approximate surface area is 153 Å². The quantitative estimate of drug-likeness (QED) is 0.811. The van der Waals surface area contributed by atoms with Gasteiger partial charge in [-0.15, -0.1) is 0 Å². The van der Waals surface area contributed by atoms with Crippen LogP contribution in [0.3, 0.4) is 0 Å². The first-order chi connectivity index (χ1) is 12.2. The van der Waals surface area contributed by atoms with Gasteiger partial charge < -0.3 is 9.47 Å². The van der Waals surface area contributed by atoms with Gasteiger partial charge in [-0.25, -0.2) is 0 Å². The van der Waals surface area contributed by atoms with Crippen molar-refractivity contribution in [2.24, 2.45) is 0 Å². The van der Waals surface area contributed by atoms with E-state index >= 15 is 0 Å². The number of fused-ring (bicyclic) bond motifs is 2. The van der Waals surface area contributed by atoms with E-state index in [9.17, 15) is 0 Å². The minimum Gasteiger partial charge on any atom is -0.497 e. The maximum atomic E-state index is 6.47. The Bertz CT molecular complexity index is 775. The molecule has 130 valence electrons. The van der Waals surface area contributed by atoms with Crippen LogP contribution in [0.25, 0.3) is 5.57 Å². The standard InChI is InChI=1S/C21H22ClNO2/c1-24-19-7-8-21(22)20(11-19)16-9-17-13-25-14-18(10-16)23(17)12-15-5-3-2-4-6-15/h2-9,11,17-18H,10,12-14H2,1H3. The van der Waals surface area contributed by atoms with Crippen LogP contribution in [0.15, 0.2) is 54.6 Å². The van der Waals surface area contributed by atoms with E-state index < -0.39 is 0 Å². The number of halogens is 1. The molecule has 25 heavy (non-hydrogen) atoms. The van der Waals surface area contributed by atoms with Crippen molar-refractivity contribution in [3.8, 4) is 5.75 Å². The maximum Gasteiger partial charge on any atom is 0.119 e. The highest BCUT2D eigenvalue weighted by Crippen LogP contribution is 2.37. The van der Waals surface area contributed by atoms with E-state index in [4.69, 9.17) is 21.1 Å². The highest BCUT2D eigenvalue weighted by Gasteiger charge is 2.35. The van der Waals surface area contributed by atoms with E-state index in [1.165, 1.54) is 11.1 Å². The Morgan fingerprint density at radius 2 is 2.00 bits per heavy atom. The summed E-state index contributed by atoms with van der Waals surface area (Å²) in [7, 11) is 1.69. The molecule has 0 aromatic heterocycles. The molecule has 0 N–H and O–H groups in total. The third-order valence-electron chi connectivity index (χ3n) is 5.07. The molecule has 4 rings (SSSR count). The summed E-state index contributed by atoms with van der Waals surface area (Å²) in [4.78, 5) is 2.55. The fourth-order valence-corrected chi connectivity index (χ4v) is 4.02. The zero-order valence-electron chi connectivity index (χ0n) is 14.3. The minimum atomic E-state index is 0.282. The predicted octanol–water partition coefficient (Wildman–Crippen LogP) is 4.41. The number of benzene rings is 2. The van der Waals surface area contributed by atoms with Crippen molar-refractivity contribution in [3.05, 3.63) is 70.8 Å². The van der Waals surface area contributed by atoms with Crippen molar-refractivity contribution in [1.82, 2.24) is 4.90 Å². The molecule has 0 aliphatic carbocycles. The second-order valence-corrected chi connectivity index (χ2v) is 7.07. The van der Waals surface area contributed by atoms with Gasteiger partial charge in [-0.1, -0.05) is 48.0 Å². The first kappa shape index (κ1) is 16.6. The Kier molecular flexibility index (Phi) is 4.80. The number of nitrogens with zero attached hydrogens (tertiary/aromatic N) is 1. The molecule has 2 aliphatic rings. The predicted molar refractivity (Wildman–Crippen MR) is 101 cm³/mol. The van der Waals surface area contributed by atoms with Crippen molar-refractivity contribution >= 4 is 17.2 Å². The molecular weight excluding hydrogens is 334 g/mol. The zero-order chi connectivity index (χ0) is 17.2. The first-order valence-corrected chi connectivity index (χ1v) is 9.04. The van der Waals surface area contributed by atoms with E-state index in [1.807, 2.05) is 18.2 Å². The summed E-state index contributed by atoms with van der Waals surface area (Å²) in [5, 5.41) is 0.780. The van der Waals surface area contributed by atoms with Gasteiger partial charge in [-0.3, -0.25) is 4.90 Å². The molecule has 2 unspecified atom stereocenters. The van der Waals surface area contributed by atoms with Gasteiger partial charge in [0.25, 0.3) is 0 Å². The average Bonchev–Trinajstić information content (AvgIpc) is 2.63. The molecule has 1 saturated heterocycles. The molecule has 2 atom stereocenters.